The Morgan fingerprint density at radius 3 is 2.68 bits per heavy atom. The fourth-order valence-corrected chi connectivity index (χ4v) is 3.21. The van der Waals surface area contributed by atoms with Gasteiger partial charge in [0.05, 0.1) is 5.02 Å². The van der Waals surface area contributed by atoms with Gasteiger partial charge in [-0.05, 0) is 59.3 Å². The number of hydrogen-bond donors (Lipinski definition) is 0. The molecular formula is C15H19BrClNO. The molecule has 1 fully saturated rings. The predicted molar refractivity (Wildman–Crippen MR) is 82.6 cm³/mol. The zero-order chi connectivity index (χ0) is 14.2. The second kappa shape index (κ2) is 5.84. The first-order chi connectivity index (χ1) is 8.90. The zero-order valence-electron chi connectivity index (χ0n) is 11.5. The molecule has 19 heavy (non-hydrogen) atoms. The van der Waals surface area contributed by atoms with Crippen molar-refractivity contribution < 1.29 is 4.79 Å². The Balaban J connectivity index is 2.24. The molecule has 0 N–H and O–H groups in total. The number of hydrogen-bond acceptors (Lipinski definition) is 1. The molecule has 2 rings (SSSR count). The number of piperidine rings is 1. The number of likely N-dealkylation sites (tertiary alicyclic amines) is 1. The highest BCUT2D eigenvalue weighted by Crippen LogP contribution is 2.29. The number of carbonyl (C=O) groups excluding carboxylic acids is 1. The summed E-state index contributed by atoms with van der Waals surface area (Å²) >= 11 is 9.42. The molecule has 0 radical (unpaired) electrons. The van der Waals surface area contributed by atoms with Gasteiger partial charge >= 0.3 is 0 Å². The summed E-state index contributed by atoms with van der Waals surface area (Å²) in [5.74, 6) is 1.18. The van der Waals surface area contributed by atoms with Crippen LogP contribution in [0.3, 0.4) is 0 Å². The monoisotopic (exact) mass is 343 g/mol. The third-order valence-corrected chi connectivity index (χ3v) is 5.26. The van der Waals surface area contributed by atoms with Gasteiger partial charge in [-0.1, -0.05) is 25.4 Å². The maximum Gasteiger partial charge on any atom is 0.254 e. The first-order valence-corrected chi connectivity index (χ1v) is 7.83. The molecule has 0 bridgehead atoms. The number of amides is 1. The van der Waals surface area contributed by atoms with Gasteiger partial charge in [0.25, 0.3) is 5.91 Å². The minimum absolute atomic E-state index is 0.0836. The van der Waals surface area contributed by atoms with Crippen LogP contribution in [-0.4, -0.2) is 23.4 Å². The molecule has 1 aliphatic rings. The van der Waals surface area contributed by atoms with Crippen LogP contribution in [0, 0.1) is 11.8 Å². The topological polar surface area (TPSA) is 20.3 Å². The van der Waals surface area contributed by atoms with Crippen LogP contribution in [0.2, 0.25) is 5.02 Å². The summed E-state index contributed by atoms with van der Waals surface area (Å²) in [6, 6.07) is 5.68. The molecule has 2 nitrogen and oxygen atoms in total. The molecule has 1 saturated heterocycles. The van der Waals surface area contributed by atoms with Crippen LogP contribution >= 0.6 is 27.5 Å². The lowest BCUT2D eigenvalue weighted by atomic mass is 9.85. The third-order valence-electron chi connectivity index (χ3n) is 4.03. The van der Waals surface area contributed by atoms with E-state index in [2.05, 4.69) is 36.7 Å². The fraction of sp³-hybridized carbons (Fsp3) is 0.533. The normalized spacial score (nSPS) is 27.4. The molecule has 0 aliphatic carbocycles. The number of halogens is 2. The molecule has 104 valence electrons. The largest absolute Gasteiger partial charge is 0.335 e. The Morgan fingerprint density at radius 2 is 2.05 bits per heavy atom. The predicted octanol–water partition coefficient (Wildman–Crippen LogP) is 4.61. The molecular weight excluding hydrogens is 326 g/mol. The molecule has 0 aromatic heterocycles. The average molecular weight is 345 g/mol. The Hall–Kier alpha value is -0.540. The van der Waals surface area contributed by atoms with E-state index >= 15 is 0 Å². The minimum Gasteiger partial charge on any atom is -0.335 e. The standard InChI is InChI=1S/C15H19BrClNO/c1-9-6-10(2)11(3)18(8-9)15(19)12-4-5-13(16)14(17)7-12/h4-5,7,9-11H,6,8H2,1-3H3. The highest BCUT2D eigenvalue weighted by molar-refractivity contribution is 9.10. The lowest BCUT2D eigenvalue weighted by molar-refractivity contribution is 0.0455. The summed E-state index contributed by atoms with van der Waals surface area (Å²) in [6.45, 7) is 7.39. The first kappa shape index (κ1) is 14.9. The number of rotatable bonds is 1. The minimum atomic E-state index is 0.0836. The van der Waals surface area contributed by atoms with Gasteiger partial charge in [0.2, 0.25) is 0 Å². The van der Waals surface area contributed by atoms with E-state index in [1.807, 2.05) is 17.0 Å². The number of carbonyl (C=O) groups is 1. The molecule has 1 amide bonds. The van der Waals surface area contributed by atoms with Crippen LogP contribution in [0.25, 0.3) is 0 Å². The van der Waals surface area contributed by atoms with E-state index in [0.29, 0.717) is 22.4 Å². The molecule has 4 heteroatoms. The summed E-state index contributed by atoms with van der Waals surface area (Å²) in [5, 5.41) is 0.580. The molecule has 1 aromatic carbocycles. The Kier molecular flexibility index (Phi) is 4.57. The fourth-order valence-electron chi connectivity index (χ4n) is 2.78. The lowest BCUT2D eigenvalue weighted by Gasteiger charge is -2.41. The van der Waals surface area contributed by atoms with Crippen molar-refractivity contribution in [3.8, 4) is 0 Å². The summed E-state index contributed by atoms with van der Waals surface area (Å²) in [5.41, 5.74) is 0.668. The van der Waals surface area contributed by atoms with Crippen molar-refractivity contribution in [1.82, 2.24) is 4.90 Å². The summed E-state index contributed by atoms with van der Waals surface area (Å²) < 4.78 is 0.819. The average Bonchev–Trinajstić information content (AvgIpc) is 2.36. The van der Waals surface area contributed by atoms with Crippen molar-refractivity contribution in [1.29, 1.82) is 0 Å². The Morgan fingerprint density at radius 1 is 1.37 bits per heavy atom. The summed E-state index contributed by atoms with van der Waals surface area (Å²) in [6.07, 6.45) is 1.19. The van der Waals surface area contributed by atoms with Crippen molar-refractivity contribution in [3.63, 3.8) is 0 Å². The van der Waals surface area contributed by atoms with Gasteiger partial charge in [-0.3, -0.25) is 4.79 Å². The molecule has 0 saturated carbocycles. The third kappa shape index (κ3) is 3.14. The molecule has 3 atom stereocenters. The van der Waals surface area contributed by atoms with E-state index in [0.717, 1.165) is 11.0 Å². The van der Waals surface area contributed by atoms with Crippen molar-refractivity contribution in [3.05, 3.63) is 33.3 Å². The van der Waals surface area contributed by atoms with E-state index in [-0.39, 0.29) is 11.9 Å². The van der Waals surface area contributed by atoms with Gasteiger partial charge in [0.15, 0.2) is 0 Å². The van der Waals surface area contributed by atoms with Crippen molar-refractivity contribution in [2.75, 3.05) is 6.54 Å². The van der Waals surface area contributed by atoms with Gasteiger partial charge in [-0.25, -0.2) is 0 Å². The van der Waals surface area contributed by atoms with Gasteiger partial charge < -0.3 is 4.90 Å². The Labute approximate surface area is 128 Å². The molecule has 0 spiro atoms. The second-order valence-electron chi connectivity index (χ2n) is 5.65. The molecule has 1 aromatic rings. The van der Waals surface area contributed by atoms with Gasteiger partial charge in [-0.15, -0.1) is 0 Å². The van der Waals surface area contributed by atoms with Crippen LogP contribution in [-0.2, 0) is 0 Å². The highest BCUT2D eigenvalue weighted by Gasteiger charge is 2.32. The maximum atomic E-state index is 12.6. The van der Waals surface area contributed by atoms with E-state index in [1.165, 1.54) is 6.42 Å². The maximum absolute atomic E-state index is 12.6. The van der Waals surface area contributed by atoms with Crippen molar-refractivity contribution in [2.24, 2.45) is 11.8 Å². The van der Waals surface area contributed by atoms with Crippen LogP contribution in [0.15, 0.2) is 22.7 Å². The second-order valence-corrected chi connectivity index (χ2v) is 6.91. The highest BCUT2D eigenvalue weighted by atomic mass is 79.9. The molecule has 3 unspecified atom stereocenters. The van der Waals surface area contributed by atoms with Crippen LogP contribution in [0.5, 0.6) is 0 Å². The quantitative estimate of drug-likeness (QED) is 0.728. The van der Waals surface area contributed by atoms with Crippen LogP contribution in [0.1, 0.15) is 37.6 Å². The zero-order valence-corrected chi connectivity index (χ0v) is 13.8. The van der Waals surface area contributed by atoms with E-state index in [9.17, 15) is 4.79 Å². The number of benzene rings is 1. The van der Waals surface area contributed by atoms with Crippen LogP contribution < -0.4 is 0 Å². The SMILES string of the molecule is CC1CC(C)C(C)N(C(=O)c2ccc(Br)c(Cl)c2)C1. The number of nitrogens with zero attached hydrogens (tertiary/aromatic N) is 1. The summed E-state index contributed by atoms with van der Waals surface area (Å²) in [4.78, 5) is 14.6. The van der Waals surface area contributed by atoms with E-state index in [4.69, 9.17) is 11.6 Å². The van der Waals surface area contributed by atoms with Crippen LogP contribution in [0.4, 0.5) is 0 Å². The van der Waals surface area contributed by atoms with Crippen molar-refractivity contribution >= 4 is 33.4 Å². The van der Waals surface area contributed by atoms with E-state index in [1.54, 1.807) is 6.07 Å². The Bertz CT molecular complexity index is 491. The molecule has 1 heterocycles. The lowest BCUT2D eigenvalue weighted by Crippen LogP contribution is -2.48. The smallest absolute Gasteiger partial charge is 0.254 e. The first-order valence-electron chi connectivity index (χ1n) is 6.66. The van der Waals surface area contributed by atoms with Gasteiger partial charge in [0.1, 0.15) is 0 Å². The van der Waals surface area contributed by atoms with E-state index < -0.39 is 0 Å². The van der Waals surface area contributed by atoms with Crippen molar-refractivity contribution in [2.45, 2.75) is 33.2 Å². The van der Waals surface area contributed by atoms with Gasteiger partial charge in [0, 0.05) is 22.6 Å². The summed E-state index contributed by atoms with van der Waals surface area (Å²) in [7, 11) is 0. The molecule has 1 aliphatic heterocycles. The van der Waals surface area contributed by atoms with Gasteiger partial charge in [-0.2, -0.15) is 0 Å².